The number of nitrogens with zero attached hydrogens (tertiary/aromatic N) is 6. The van der Waals surface area contributed by atoms with Gasteiger partial charge in [0.15, 0.2) is 0 Å². The molecule has 10 heteroatoms. The third-order valence-corrected chi connectivity index (χ3v) is 7.52. The molecule has 1 aromatic carbocycles. The standard InChI is InChI=1S/C22H25N7O2S/c1-27(2)32(30,31)29-13-19-8-17(10-23)5-6-22(19)28(14-20-12-25-16-26-20)15-21(29)9-18-4-3-7-24-11-18/h3-8,11-12,16,21H,9,13-15H2,1-2H3,(H,25,26)/t21-/m1/s1. The van der Waals surface area contributed by atoms with Crippen LogP contribution in [0, 0.1) is 11.3 Å². The third-order valence-electron chi connectivity index (χ3n) is 5.58. The van der Waals surface area contributed by atoms with Gasteiger partial charge >= 0.3 is 0 Å². The minimum absolute atomic E-state index is 0.176. The van der Waals surface area contributed by atoms with Crippen molar-refractivity contribution in [1.29, 1.82) is 5.26 Å². The van der Waals surface area contributed by atoms with E-state index in [0.29, 0.717) is 25.1 Å². The minimum atomic E-state index is -3.72. The molecule has 1 aliphatic heterocycles. The lowest BCUT2D eigenvalue weighted by atomic mass is 10.1. The van der Waals surface area contributed by atoms with Gasteiger partial charge in [0.1, 0.15) is 0 Å². The number of nitriles is 1. The van der Waals surface area contributed by atoms with Gasteiger partial charge in [0.2, 0.25) is 0 Å². The molecule has 0 fully saturated rings. The summed E-state index contributed by atoms with van der Waals surface area (Å²) >= 11 is 0. The van der Waals surface area contributed by atoms with E-state index in [1.165, 1.54) is 22.7 Å². The molecular formula is C22H25N7O2S. The van der Waals surface area contributed by atoms with Crippen LogP contribution in [0.15, 0.2) is 55.2 Å². The van der Waals surface area contributed by atoms with Gasteiger partial charge in [0, 0.05) is 57.5 Å². The van der Waals surface area contributed by atoms with E-state index in [4.69, 9.17) is 0 Å². The van der Waals surface area contributed by atoms with Crippen molar-refractivity contribution in [2.75, 3.05) is 25.5 Å². The first-order valence-corrected chi connectivity index (χ1v) is 11.6. The number of imidazole rings is 1. The van der Waals surface area contributed by atoms with Gasteiger partial charge in [-0.2, -0.15) is 22.3 Å². The number of H-pyrrole nitrogens is 1. The van der Waals surface area contributed by atoms with Gasteiger partial charge in [0.05, 0.1) is 30.2 Å². The summed E-state index contributed by atoms with van der Waals surface area (Å²) < 4.78 is 29.5. The SMILES string of the molecule is CN(C)S(=O)(=O)N1Cc2cc(C#N)ccc2N(Cc2cnc[nH]2)C[C@H]1Cc1cccnc1. The summed E-state index contributed by atoms with van der Waals surface area (Å²) in [6, 6.07) is 11.1. The first-order chi connectivity index (χ1) is 15.4. The number of aromatic nitrogens is 3. The van der Waals surface area contributed by atoms with Gasteiger partial charge in [-0.25, -0.2) is 4.98 Å². The molecule has 0 spiro atoms. The molecule has 0 aliphatic carbocycles. The van der Waals surface area contributed by atoms with Gasteiger partial charge in [-0.05, 0) is 41.8 Å². The number of anilines is 1. The van der Waals surface area contributed by atoms with Crippen molar-refractivity contribution in [3.05, 3.63) is 77.6 Å². The normalized spacial score (nSPS) is 17.1. The highest BCUT2D eigenvalue weighted by atomic mass is 32.2. The second-order valence-corrected chi connectivity index (χ2v) is 10.1. The molecule has 0 saturated heterocycles. The Morgan fingerprint density at radius 3 is 2.75 bits per heavy atom. The Morgan fingerprint density at radius 2 is 2.09 bits per heavy atom. The highest BCUT2D eigenvalue weighted by Gasteiger charge is 2.37. The fraction of sp³-hybridized carbons (Fsp3) is 0.318. The molecule has 3 aromatic rings. The van der Waals surface area contributed by atoms with E-state index >= 15 is 0 Å². The molecule has 1 aliphatic rings. The Balaban J connectivity index is 1.81. The van der Waals surface area contributed by atoms with Crippen LogP contribution < -0.4 is 4.90 Å². The Labute approximate surface area is 188 Å². The lowest BCUT2D eigenvalue weighted by molar-refractivity contribution is 0.297. The number of pyridine rings is 1. The highest BCUT2D eigenvalue weighted by Crippen LogP contribution is 2.32. The van der Waals surface area contributed by atoms with Crippen molar-refractivity contribution >= 4 is 15.9 Å². The quantitative estimate of drug-likeness (QED) is 0.613. The molecule has 0 unspecified atom stereocenters. The monoisotopic (exact) mass is 451 g/mol. The van der Waals surface area contributed by atoms with Gasteiger partial charge in [-0.15, -0.1) is 0 Å². The van der Waals surface area contributed by atoms with E-state index in [1.807, 2.05) is 18.2 Å². The van der Waals surface area contributed by atoms with Crippen LogP contribution in [0.1, 0.15) is 22.4 Å². The van der Waals surface area contributed by atoms with Crippen molar-refractivity contribution in [3.8, 4) is 6.07 Å². The summed E-state index contributed by atoms with van der Waals surface area (Å²) in [6.45, 7) is 1.19. The summed E-state index contributed by atoms with van der Waals surface area (Å²) in [7, 11) is -0.648. The lowest BCUT2D eigenvalue weighted by Crippen LogP contribution is -2.49. The zero-order valence-corrected chi connectivity index (χ0v) is 18.8. The van der Waals surface area contributed by atoms with Gasteiger partial charge in [-0.3, -0.25) is 4.98 Å². The second-order valence-electron chi connectivity index (χ2n) is 7.97. The van der Waals surface area contributed by atoms with E-state index < -0.39 is 10.2 Å². The molecule has 0 amide bonds. The fourth-order valence-corrected chi connectivity index (χ4v) is 5.23. The van der Waals surface area contributed by atoms with Crippen LogP contribution in [0.2, 0.25) is 0 Å². The minimum Gasteiger partial charge on any atom is -0.364 e. The first kappa shape index (κ1) is 22.0. The lowest BCUT2D eigenvalue weighted by Gasteiger charge is -2.33. The maximum atomic E-state index is 13.4. The van der Waals surface area contributed by atoms with Gasteiger partial charge in [-0.1, -0.05) is 6.07 Å². The van der Waals surface area contributed by atoms with Crippen molar-refractivity contribution in [2.45, 2.75) is 25.6 Å². The Bertz CT molecular complexity index is 1200. The predicted octanol–water partition coefficient (Wildman–Crippen LogP) is 1.92. The number of hydrogen-bond donors (Lipinski definition) is 1. The maximum Gasteiger partial charge on any atom is 0.282 e. The van der Waals surface area contributed by atoms with Crippen LogP contribution in [-0.2, 0) is 29.7 Å². The molecule has 4 rings (SSSR count). The number of fused-ring (bicyclic) bond motifs is 1. The molecule has 1 atom stereocenters. The highest BCUT2D eigenvalue weighted by molar-refractivity contribution is 7.86. The van der Waals surface area contributed by atoms with Crippen LogP contribution >= 0.6 is 0 Å². The molecule has 0 radical (unpaired) electrons. The number of hydrogen-bond acceptors (Lipinski definition) is 6. The van der Waals surface area contributed by atoms with Crippen LogP contribution in [0.3, 0.4) is 0 Å². The van der Waals surface area contributed by atoms with E-state index in [0.717, 1.165) is 22.5 Å². The maximum absolute atomic E-state index is 13.4. The molecule has 2 aromatic heterocycles. The molecule has 3 heterocycles. The van der Waals surface area contributed by atoms with Crippen LogP contribution in [-0.4, -0.2) is 58.7 Å². The molecular weight excluding hydrogens is 426 g/mol. The summed E-state index contributed by atoms with van der Waals surface area (Å²) in [5.41, 5.74) is 4.08. The van der Waals surface area contributed by atoms with Gasteiger partial charge in [0.25, 0.3) is 10.2 Å². The summed E-state index contributed by atoms with van der Waals surface area (Å²) in [5.74, 6) is 0. The summed E-state index contributed by atoms with van der Waals surface area (Å²) in [4.78, 5) is 13.6. The largest absolute Gasteiger partial charge is 0.364 e. The molecule has 9 nitrogen and oxygen atoms in total. The Hall–Kier alpha value is -3.26. The molecule has 0 bridgehead atoms. The average molecular weight is 452 g/mol. The van der Waals surface area contributed by atoms with E-state index in [1.54, 1.807) is 37.1 Å². The van der Waals surface area contributed by atoms with Crippen LogP contribution in [0.4, 0.5) is 5.69 Å². The summed E-state index contributed by atoms with van der Waals surface area (Å²) in [6.07, 6.45) is 7.38. The van der Waals surface area contributed by atoms with Crippen molar-refractivity contribution in [1.82, 2.24) is 23.6 Å². The van der Waals surface area contributed by atoms with Crippen LogP contribution in [0.5, 0.6) is 0 Å². The number of nitrogens with one attached hydrogen (secondary N) is 1. The average Bonchev–Trinajstić information content (AvgIpc) is 3.24. The van der Waals surface area contributed by atoms with E-state index in [-0.39, 0.29) is 12.6 Å². The predicted molar refractivity (Wildman–Crippen MR) is 121 cm³/mol. The van der Waals surface area contributed by atoms with E-state index in [2.05, 4.69) is 25.9 Å². The van der Waals surface area contributed by atoms with E-state index in [9.17, 15) is 13.7 Å². The first-order valence-electron chi connectivity index (χ1n) is 10.2. The van der Waals surface area contributed by atoms with Crippen LogP contribution in [0.25, 0.3) is 0 Å². The number of benzene rings is 1. The Kier molecular flexibility index (Phi) is 6.23. The molecule has 166 valence electrons. The molecule has 32 heavy (non-hydrogen) atoms. The van der Waals surface area contributed by atoms with Crippen molar-refractivity contribution in [3.63, 3.8) is 0 Å². The van der Waals surface area contributed by atoms with Crippen molar-refractivity contribution in [2.24, 2.45) is 0 Å². The fourth-order valence-electron chi connectivity index (χ4n) is 3.99. The summed E-state index contributed by atoms with van der Waals surface area (Å²) in [5, 5.41) is 9.42. The Morgan fingerprint density at radius 1 is 1.25 bits per heavy atom. The molecule has 0 saturated carbocycles. The van der Waals surface area contributed by atoms with Gasteiger partial charge < -0.3 is 9.88 Å². The number of rotatable bonds is 6. The molecule has 1 N–H and O–H groups in total. The zero-order chi connectivity index (χ0) is 22.7. The second kappa shape index (κ2) is 9.08. The zero-order valence-electron chi connectivity index (χ0n) is 18.0. The topological polar surface area (TPSA) is 109 Å². The smallest absolute Gasteiger partial charge is 0.282 e. The number of aromatic amines is 1. The van der Waals surface area contributed by atoms with Crippen molar-refractivity contribution < 1.29 is 8.42 Å². The third kappa shape index (κ3) is 4.50.